The van der Waals surface area contributed by atoms with Crippen molar-refractivity contribution in [3.05, 3.63) is 35.7 Å². The van der Waals surface area contributed by atoms with Crippen molar-refractivity contribution in [1.29, 1.82) is 0 Å². The first-order valence-corrected chi connectivity index (χ1v) is 12.5. The minimum atomic E-state index is 0. The number of ether oxygens (including phenoxy) is 1. The summed E-state index contributed by atoms with van der Waals surface area (Å²) in [6.45, 7) is 5.64. The molecule has 1 fully saturated rings. The molecule has 3 rings (SSSR count). The number of nitrogens with zero attached hydrogens (tertiary/aromatic N) is 4. The van der Waals surface area contributed by atoms with Crippen LogP contribution in [0.1, 0.15) is 56.5 Å². The number of aliphatic imine (C=N–C) groups is 1. The molecule has 0 aliphatic heterocycles. The number of hydrogen-bond donors (Lipinski definition) is 2. The van der Waals surface area contributed by atoms with Crippen LogP contribution >= 0.6 is 35.7 Å². The van der Waals surface area contributed by atoms with Gasteiger partial charge in [-0.3, -0.25) is 4.99 Å². The molecule has 9 heteroatoms. The van der Waals surface area contributed by atoms with Gasteiger partial charge in [-0.25, -0.2) is 0 Å². The summed E-state index contributed by atoms with van der Waals surface area (Å²) in [5.74, 6) is 2.80. The third-order valence-corrected chi connectivity index (χ3v) is 6.23. The lowest BCUT2D eigenvalue weighted by Gasteiger charge is -2.18. The SMILES string of the molecule is CN=C(NCCCc1nnc(SC)n1C1CCCC1)NCC(C)Oc1cccc(C)c1.I. The molecule has 7 nitrogen and oxygen atoms in total. The summed E-state index contributed by atoms with van der Waals surface area (Å²) in [5.41, 5.74) is 1.20. The van der Waals surface area contributed by atoms with E-state index in [1.54, 1.807) is 18.8 Å². The van der Waals surface area contributed by atoms with Gasteiger partial charge in [0.1, 0.15) is 17.7 Å². The molecule has 0 bridgehead atoms. The topological polar surface area (TPSA) is 76.4 Å². The molecule has 2 N–H and O–H groups in total. The molecule has 178 valence electrons. The lowest BCUT2D eigenvalue weighted by molar-refractivity contribution is 0.223. The second kappa shape index (κ2) is 13.9. The van der Waals surface area contributed by atoms with Gasteiger partial charge in [-0.15, -0.1) is 34.2 Å². The Labute approximate surface area is 213 Å². The number of benzene rings is 1. The molecule has 32 heavy (non-hydrogen) atoms. The number of nitrogens with one attached hydrogen (secondary N) is 2. The van der Waals surface area contributed by atoms with E-state index in [0.717, 1.165) is 42.1 Å². The van der Waals surface area contributed by atoms with Crippen molar-refractivity contribution in [3.63, 3.8) is 0 Å². The lowest BCUT2D eigenvalue weighted by atomic mass is 10.2. The molecule has 1 aromatic carbocycles. The molecule has 0 radical (unpaired) electrons. The van der Waals surface area contributed by atoms with E-state index in [9.17, 15) is 0 Å². The van der Waals surface area contributed by atoms with Crippen LogP contribution in [0.25, 0.3) is 0 Å². The van der Waals surface area contributed by atoms with Crippen LogP contribution in [0, 0.1) is 6.92 Å². The first-order valence-electron chi connectivity index (χ1n) is 11.3. The van der Waals surface area contributed by atoms with Crippen molar-refractivity contribution in [2.75, 3.05) is 26.4 Å². The van der Waals surface area contributed by atoms with Crippen molar-refractivity contribution in [2.45, 2.75) is 69.7 Å². The summed E-state index contributed by atoms with van der Waals surface area (Å²) in [4.78, 5) is 4.33. The van der Waals surface area contributed by atoms with Gasteiger partial charge in [0.05, 0.1) is 6.54 Å². The highest BCUT2D eigenvalue weighted by Gasteiger charge is 2.23. The van der Waals surface area contributed by atoms with E-state index in [2.05, 4.69) is 62.6 Å². The van der Waals surface area contributed by atoms with Crippen LogP contribution in [0.3, 0.4) is 0 Å². The Morgan fingerprint density at radius 1 is 1.28 bits per heavy atom. The fourth-order valence-corrected chi connectivity index (χ4v) is 4.60. The molecule has 0 amide bonds. The molecule has 1 aliphatic carbocycles. The number of aromatic nitrogens is 3. The number of hydrogen-bond acceptors (Lipinski definition) is 5. The Morgan fingerprint density at radius 2 is 2.06 bits per heavy atom. The summed E-state index contributed by atoms with van der Waals surface area (Å²) in [5, 5.41) is 16.7. The largest absolute Gasteiger partial charge is 0.489 e. The first-order chi connectivity index (χ1) is 15.1. The maximum atomic E-state index is 5.98. The minimum absolute atomic E-state index is 0. The third kappa shape index (κ3) is 7.83. The van der Waals surface area contributed by atoms with E-state index in [1.807, 2.05) is 12.1 Å². The molecule has 1 saturated carbocycles. The number of halogens is 1. The standard InChI is InChI=1S/C23H36N6OS.HI/c1-17-9-7-12-20(15-17)30-18(2)16-26-22(24-3)25-14-8-13-21-27-28-23(31-4)29(21)19-10-5-6-11-19;/h7,9,12,15,18-19H,5-6,8,10-11,13-14,16H2,1-4H3,(H2,24,25,26);1H. The van der Waals surface area contributed by atoms with E-state index in [4.69, 9.17) is 4.74 Å². The Kier molecular flexibility index (Phi) is 11.6. The zero-order valence-electron chi connectivity index (χ0n) is 19.6. The van der Waals surface area contributed by atoms with Gasteiger partial charge in [-0.1, -0.05) is 36.7 Å². The summed E-state index contributed by atoms with van der Waals surface area (Å²) >= 11 is 1.69. The van der Waals surface area contributed by atoms with Gasteiger partial charge in [0, 0.05) is 26.1 Å². The van der Waals surface area contributed by atoms with Crippen molar-refractivity contribution in [3.8, 4) is 5.75 Å². The van der Waals surface area contributed by atoms with Crippen LogP contribution in [-0.4, -0.2) is 53.2 Å². The monoisotopic (exact) mass is 572 g/mol. The van der Waals surface area contributed by atoms with E-state index in [1.165, 1.54) is 31.2 Å². The zero-order valence-corrected chi connectivity index (χ0v) is 22.8. The summed E-state index contributed by atoms with van der Waals surface area (Å²) in [6.07, 6.45) is 9.13. The highest BCUT2D eigenvalue weighted by atomic mass is 127. The Bertz CT molecular complexity index is 853. The highest BCUT2D eigenvalue weighted by Crippen LogP contribution is 2.33. The second-order valence-corrected chi connectivity index (χ2v) is 8.91. The average molecular weight is 573 g/mol. The van der Waals surface area contributed by atoms with Crippen molar-refractivity contribution < 1.29 is 4.74 Å². The molecular formula is C23H37IN6OS. The van der Waals surface area contributed by atoms with Gasteiger partial charge in [0.25, 0.3) is 0 Å². The minimum Gasteiger partial charge on any atom is -0.489 e. The van der Waals surface area contributed by atoms with E-state index < -0.39 is 0 Å². The maximum absolute atomic E-state index is 5.98. The number of rotatable bonds is 10. The van der Waals surface area contributed by atoms with Crippen LogP contribution in [0.2, 0.25) is 0 Å². The number of guanidine groups is 1. The van der Waals surface area contributed by atoms with E-state index >= 15 is 0 Å². The van der Waals surface area contributed by atoms with Crippen molar-refractivity contribution in [2.24, 2.45) is 4.99 Å². The van der Waals surface area contributed by atoms with Crippen molar-refractivity contribution >= 4 is 41.7 Å². The molecule has 2 aromatic rings. The molecular weight excluding hydrogens is 535 g/mol. The molecule has 0 spiro atoms. The van der Waals surface area contributed by atoms with Crippen LogP contribution < -0.4 is 15.4 Å². The molecule has 1 heterocycles. The van der Waals surface area contributed by atoms with Gasteiger partial charge in [0.2, 0.25) is 0 Å². The smallest absolute Gasteiger partial charge is 0.191 e. The zero-order chi connectivity index (χ0) is 22.1. The van der Waals surface area contributed by atoms with Crippen molar-refractivity contribution in [1.82, 2.24) is 25.4 Å². The second-order valence-electron chi connectivity index (χ2n) is 8.14. The lowest BCUT2D eigenvalue weighted by Crippen LogP contribution is -2.42. The summed E-state index contributed by atoms with van der Waals surface area (Å²) in [7, 11) is 1.79. The normalized spacial score (nSPS) is 15.3. The highest BCUT2D eigenvalue weighted by molar-refractivity contribution is 14.0. The fourth-order valence-electron chi connectivity index (χ4n) is 4.02. The molecule has 1 aromatic heterocycles. The summed E-state index contributed by atoms with van der Waals surface area (Å²) in [6, 6.07) is 8.70. The van der Waals surface area contributed by atoms with Crippen LogP contribution in [-0.2, 0) is 6.42 Å². The molecule has 1 atom stereocenters. The average Bonchev–Trinajstić information content (AvgIpc) is 3.42. The van der Waals surface area contributed by atoms with Gasteiger partial charge in [-0.2, -0.15) is 0 Å². The molecule has 1 unspecified atom stereocenters. The van der Waals surface area contributed by atoms with Gasteiger partial charge in [-0.05, 0) is 57.1 Å². The fraction of sp³-hybridized carbons (Fsp3) is 0.609. The van der Waals surface area contributed by atoms with Crippen LogP contribution in [0.5, 0.6) is 5.75 Å². The van der Waals surface area contributed by atoms with Gasteiger partial charge >= 0.3 is 0 Å². The van der Waals surface area contributed by atoms with Crippen LogP contribution in [0.4, 0.5) is 0 Å². The Hall–Kier alpha value is -1.49. The summed E-state index contributed by atoms with van der Waals surface area (Å²) < 4.78 is 8.37. The quantitative estimate of drug-likeness (QED) is 0.143. The number of thioether (sulfide) groups is 1. The predicted molar refractivity (Wildman–Crippen MR) is 144 cm³/mol. The molecule has 1 aliphatic rings. The number of aryl methyl sites for hydroxylation is 2. The predicted octanol–water partition coefficient (Wildman–Crippen LogP) is 4.61. The third-order valence-electron chi connectivity index (χ3n) is 5.58. The van der Waals surface area contributed by atoms with Crippen LogP contribution in [0.15, 0.2) is 34.4 Å². The van der Waals surface area contributed by atoms with Gasteiger partial charge < -0.3 is 19.9 Å². The maximum Gasteiger partial charge on any atom is 0.191 e. The van der Waals surface area contributed by atoms with E-state index in [-0.39, 0.29) is 30.1 Å². The Balaban J connectivity index is 0.00000363. The first kappa shape index (κ1) is 26.8. The molecule has 0 saturated heterocycles. The Morgan fingerprint density at radius 3 is 2.75 bits per heavy atom. The van der Waals surface area contributed by atoms with E-state index in [0.29, 0.717) is 12.6 Å². The van der Waals surface area contributed by atoms with Gasteiger partial charge in [0.15, 0.2) is 11.1 Å².